The van der Waals surface area contributed by atoms with E-state index in [2.05, 4.69) is 4.98 Å². The molecule has 0 aliphatic rings. The maximum absolute atomic E-state index is 10.9. The molecule has 1 aromatic heterocycles. The van der Waals surface area contributed by atoms with Gasteiger partial charge < -0.3 is 5.11 Å². The Hall–Kier alpha value is -1.61. The predicted molar refractivity (Wildman–Crippen MR) is 58.4 cm³/mol. The van der Waals surface area contributed by atoms with Crippen LogP contribution in [0.3, 0.4) is 0 Å². The highest BCUT2D eigenvalue weighted by Crippen LogP contribution is 2.26. The summed E-state index contributed by atoms with van der Waals surface area (Å²) >= 11 is 6.02. The molecule has 0 spiro atoms. The number of benzene rings is 1. The zero-order valence-corrected chi connectivity index (χ0v) is 8.75. The Morgan fingerprint density at radius 1 is 1.40 bits per heavy atom. The first kappa shape index (κ1) is 9.93. The molecule has 1 N–H and O–H groups in total. The van der Waals surface area contributed by atoms with Crippen molar-refractivity contribution < 1.29 is 9.90 Å². The monoisotopic (exact) mass is 221 g/mol. The van der Waals surface area contributed by atoms with E-state index in [1.54, 1.807) is 18.2 Å². The van der Waals surface area contributed by atoms with Crippen LogP contribution in [-0.4, -0.2) is 16.1 Å². The van der Waals surface area contributed by atoms with Gasteiger partial charge in [0, 0.05) is 22.0 Å². The Labute approximate surface area is 91.3 Å². The number of fused-ring (bicyclic) bond motifs is 1. The van der Waals surface area contributed by atoms with Crippen LogP contribution in [0.2, 0.25) is 5.02 Å². The van der Waals surface area contributed by atoms with E-state index in [-0.39, 0.29) is 5.69 Å². The third kappa shape index (κ3) is 1.66. The van der Waals surface area contributed by atoms with Crippen LogP contribution < -0.4 is 0 Å². The molecule has 0 aliphatic heterocycles. The van der Waals surface area contributed by atoms with E-state index in [9.17, 15) is 4.79 Å². The highest BCUT2D eigenvalue weighted by atomic mass is 35.5. The van der Waals surface area contributed by atoms with Gasteiger partial charge in [0.15, 0.2) is 5.69 Å². The number of carbonyl (C=O) groups is 1. The van der Waals surface area contributed by atoms with Crippen molar-refractivity contribution in [3.05, 3.63) is 40.7 Å². The first-order valence-electron chi connectivity index (χ1n) is 4.38. The normalized spacial score (nSPS) is 10.5. The summed E-state index contributed by atoms with van der Waals surface area (Å²) < 4.78 is 0. The Bertz CT molecular complexity index is 552. The average molecular weight is 222 g/mol. The molecular formula is C11H8ClNO2. The third-order valence-corrected chi connectivity index (χ3v) is 2.49. The molecule has 4 heteroatoms. The fourth-order valence-electron chi connectivity index (χ4n) is 1.54. The number of rotatable bonds is 1. The number of hydrogen-bond acceptors (Lipinski definition) is 2. The first-order valence-corrected chi connectivity index (χ1v) is 4.75. The van der Waals surface area contributed by atoms with Crippen LogP contribution in [0.4, 0.5) is 0 Å². The lowest BCUT2D eigenvalue weighted by Crippen LogP contribution is -2.01. The minimum absolute atomic E-state index is 0.0399. The van der Waals surface area contributed by atoms with Gasteiger partial charge >= 0.3 is 5.97 Å². The zero-order chi connectivity index (χ0) is 11.0. The second-order valence-electron chi connectivity index (χ2n) is 3.31. The van der Waals surface area contributed by atoms with E-state index >= 15 is 0 Å². The van der Waals surface area contributed by atoms with E-state index in [1.807, 2.05) is 6.92 Å². The van der Waals surface area contributed by atoms with E-state index in [0.717, 1.165) is 10.9 Å². The quantitative estimate of drug-likeness (QED) is 0.806. The van der Waals surface area contributed by atoms with Gasteiger partial charge in [-0.2, -0.15) is 0 Å². The highest BCUT2D eigenvalue weighted by molar-refractivity contribution is 6.36. The molecule has 1 aromatic carbocycles. The molecule has 0 atom stereocenters. The number of aromatic nitrogens is 1. The van der Waals surface area contributed by atoms with Crippen molar-refractivity contribution in [3.8, 4) is 0 Å². The molecule has 0 saturated carbocycles. The lowest BCUT2D eigenvalue weighted by atomic mass is 10.1. The molecule has 3 nitrogen and oxygen atoms in total. The van der Waals surface area contributed by atoms with E-state index in [0.29, 0.717) is 10.4 Å². The second-order valence-corrected chi connectivity index (χ2v) is 3.71. The summed E-state index contributed by atoms with van der Waals surface area (Å²) in [5, 5.41) is 10.8. The van der Waals surface area contributed by atoms with Crippen molar-refractivity contribution in [2.24, 2.45) is 0 Å². The van der Waals surface area contributed by atoms with E-state index in [1.165, 1.54) is 6.20 Å². The minimum atomic E-state index is -1.04. The summed E-state index contributed by atoms with van der Waals surface area (Å²) in [6, 6.07) is 5.29. The molecule has 2 rings (SSSR count). The molecule has 0 bridgehead atoms. The van der Waals surface area contributed by atoms with Crippen molar-refractivity contribution >= 4 is 28.3 Å². The molecule has 0 unspecified atom stereocenters. The number of aromatic carboxylic acids is 1. The van der Waals surface area contributed by atoms with Crippen LogP contribution in [0.25, 0.3) is 10.8 Å². The van der Waals surface area contributed by atoms with Gasteiger partial charge in [0.1, 0.15) is 0 Å². The van der Waals surface area contributed by atoms with Gasteiger partial charge in [-0.3, -0.25) is 0 Å². The standard InChI is InChI=1S/C11H8ClNO2/c1-6-4-8-7(9(12)5-6)2-3-13-10(8)11(14)15/h2-5H,1H3,(H,14,15). The van der Waals surface area contributed by atoms with Crippen LogP contribution in [0.1, 0.15) is 16.1 Å². The number of halogens is 1. The molecule has 15 heavy (non-hydrogen) atoms. The van der Waals surface area contributed by atoms with Gasteiger partial charge in [-0.25, -0.2) is 9.78 Å². The fraction of sp³-hybridized carbons (Fsp3) is 0.0909. The van der Waals surface area contributed by atoms with Gasteiger partial charge in [0.25, 0.3) is 0 Å². The molecule has 0 saturated heterocycles. The number of nitrogens with zero attached hydrogens (tertiary/aromatic N) is 1. The molecule has 0 fully saturated rings. The summed E-state index contributed by atoms with van der Waals surface area (Å²) in [7, 11) is 0. The lowest BCUT2D eigenvalue weighted by Gasteiger charge is -2.04. The van der Waals surface area contributed by atoms with Crippen LogP contribution in [0, 0.1) is 6.92 Å². The van der Waals surface area contributed by atoms with Crippen molar-refractivity contribution in [1.29, 1.82) is 0 Å². The molecule has 0 aliphatic carbocycles. The van der Waals surface area contributed by atoms with Gasteiger partial charge in [0.2, 0.25) is 0 Å². The maximum atomic E-state index is 10.9. The summed E-state index contributed by atoms with van der Waals surface area (Å²) in [6.07, 6.45) is 1.45. The van der Waals surface area contributed by atoms with Crippen LogP contribution in [0.5, 0.6) is 0 Å². The van der Waals surface area contributed by atoms with E-state index in [4.69, 9.17) is 16.7 Å². The predicted octanol–water partition coefficient (Wildman–Crippen LogP) is 2.89. The molecule has 0 radical (unpaired) electrons. The van der Waals surface area contributed by atoms with Crippen molar-refractivity contribution in [2.75, 3.05) is 0 Å². The van der Waals surface area contributed by atoms with Gasteiger partial charge in [0.05, 0.1) is 0 Å². The molecular weight excluding hydrogens is 214 g/mol. The Kier molecular flexibility index (Phi) is 2.32. The van der Waals surface area contributed by atoms with Crippen LogP contribution >= 0.6 is 11.6 Å². The Morgan fingerprint density at radius 3 is 2.80 bits per heavy atom. The lowest BCUT2D eigenvalue weighted by molar-refractivity contribution is 0.0693. The Balaban J connectivity index is 2.91. The van der Waals surface area contributed by atoms with E-state index < -0.39 is 5.97 Å². The third-order valence-electron chi connectivity index (χ3n) is 2.18. The summed E-state index contributed by atoms with van der Waals surface area (Å²) in [6.45, 7) is 1.87. The number of carboxylic acids is 1. The fourth-order valence-corrected chi connectivity index (χ4v) is 1.88. The maximum Gasteiger partial charge on any atom is 0.355 e. The number of aryl methyl sites for hydroxylation is 1. The van der Waals surface area contributed by atoms with Gasteiger partial charge in [-0.05, 0) is 30.7 Å². The summed E-state index contributed by atoms with van der Waals surface area (Å²) in [5.41, 5.74) is 0.959. The van der Waals surface area contributed by atoms with Crippen LogP contribution in [0.15, 0.2) is 24.4 Å². The largest absolute Gasteiger partial charge is 0.476 e. The van der Waals surface area contributed by atoms with Crippen molar-refractivity contribution in [2.45, 2.75) is 6.92 Å². The highest BCUT2D eigenvalue weighted by Gasteiger charge is 2.11. The second kappa shape index (κ2) is 3.51. The summed E-state index contributed by atoms with van der Waals surface area (Å²) in [4.78, 5) is 14.8. The zero-order valence-electron chi connectivity index (χ0n) is 7.99. The van der Waals surface area contributed by atoms with Gasteiger partial charge in [-0.1, -0.05) is 11.6 Å². The molecule has 0 amide bonds. The van der Waals surface area contributed by atoms with Crippen LogP contribution in [-0.2, 0) is 0 Å². The molecule has 1 heterocycles. The first-order chi connectivity index (χ1) is 7.09. The van der Waals surface area contributed by atoms with Crippen molar-refractivity contribution in [3.63, 3.8) is 0 Å². The average Bonchev–Trinajstić information content (AvgIpc) is 2.16. The number of hydrogen-bond donors (Lipinski definition) is 1. The van der Waals surface area contributed by atoms with Gasteiger partial charge in [-0.15, -0.1) is 0 Å². The number of pyridine rings is 1. The minimum Gasteiger partial charge on any atom is -0.476 e. The SMILES string of the molecule is Cc1cc(Cl)c2ccnc(C(=O)O)c2c1. The molecule has 76 valence electrons. The number of carboxylic acid groups (broad SMARTS) is 1. The topological polar surface area (TPSA) is 50.2 Å². The van der Waals surface area contributed by atoms with Crippen molar-refractivity contribution in [1.82, 2.24) is 4.98 Å². The smallest absolute Gasteiger partial charge is 0.355 e. The summed E-state index contributed by atoms with van der Waals surface area (Å²) in [5.74, 6) is -1.04. The Morgan fingerprint density at radius 2 is 2.13 bits per heavy atom. The molecule has 2 aromatic rings.